The minimum absolute atomic E-state index is 0.0739. The van der Waals surface area contributed by atoms with Gasteiger partial charge in [0.2, 0.25) is 5.88 Å². The van der Waals surface area contributed by atoms with E-state index in [1.54, 1.807) is 25.8 Å². The zero-order chi connectivity index (χ0) is 34.5. The molecule has 48 heavy (non-hydrogen) atoms. The topological polar surface area (TPSA) is 128 Å². The maximum absolute atomic E-state index is 15.3. The van der Waals surface area contributed by atoms with Crippen LogP contribution in [-0.4, -0.2) is 80.7 Å². The summed E-state index contributed by atoms with van der Waals surface area (Å²) < 4.78 is 71.8. The number of nitrogens with zero attached hydrogens (tertiary/aromatic N) is 7. The Morgan fingerprint density at radius 3 is 2.58 bits per heavy atom. The van der Waals surface area contributed by atoms with Gasteiger partial charge in [0.05, 0.1) is 23.8 Å². The molecule has 3 aromatic rings. The van der Waals surface area contributed by atoms with E-state index in [-0.39, 0.29) is 58.9 Å². The fourth-order valence-electron chi connectivity index (χ4n) is 5.57. The second-order valence-electron chi connectivity index (χ2n) is 12.9. The van der Waals surface area contributed by atoms with Crippen LogP contribution < -0.4 is 19.8 Å². The molecule has 0 radical (unpaired) electrons. The van der Waals surface area contributed by atoms with Crippen LogP contribution in [-0.2, 0) is 10.9 Å². The van der Waals surface area contributed by atoms with Crippen LogP contribution in [0.2, 0.25) is 5.15 Å². The van der Waals surface area contributed by atoms with Gasteiger partial charge in [0, 0.05) is 31.4 Å². The molecule has 5 rings (SSSR count). The van der Waals surface area contributed by atoms with E-state index in [0.29, 0.717) is 38.7 Å². The summed E-state index contributed by atoms with van der Waals surface area (Å²) in [6.45, 7) is 7.15. The number of amides is 1. The fourth-order valence-corrected chi connectivity index (χ4v) is 5.71. The van der Waals surface area contributed by atoms with Gasteiger partial charge in [-0.25, -0.2) is 19.2 Å². The SMILES string of the molecule is CC(C)(C)OC(=O)N1CCCCCN1c1nc(OCC2CCCNC(COc3cc(C(F)(F)F)cnn3)CC2)nc2c(F)c(Cl)ncc12. The number of fused-ring (bicyclic) bond motifs is 1. The monoisotopic (exact) mass is 698 g/mol. The molecule has 0 bridgehead atoms. The van der Waals surface area contributed by atoms with Crippen molar-refractivity contribution in [2.45, 2.75) is 83.5 Å². The van der Waals surface area contributed by atoms with Gasteiger partial charge in [0.15, 0.2) is 16.8 Å². The molecule has 262 valence electrons. The van der Waals surface area contributed by atoms with Crippen LogP contribution >= 0.6 is 11.6 Å². The second-order valence-corrected chi connectivity index (χ2v) is 13.2. The van der Waals surface area contributed by atoms with Gasteiger partial charge in [0.1, 0.15) is 17.7 Å². The summed E-state index contributed by atoms with van der Waals surface area (Å²) in [5, 5.41) is 13.5. The number of aromatic nitrogens is 5. The molecule has 3 aromatic heterocycles. The van der Waals surface area contributed by atoms with Gasteiger partial charge in [-0.05, 0) is 78.2 Å². The van der Waals surface area contributed by atoms with Gasteiger partial charge < -0.3 is 19.5 Å². The molecule has 2 aliphatic heterocycles. The molecule has 2 aliphatic rings. The molecule has 1 amide bonds. The molecule has 0 aliphatic carbocycles. The molecule has 0 spiro atoms. The number of alkyl halides is 3. The van der Waals surface area contributed by atoms with Gasteiger partial charge in [-0.15, -0.1) is 5.10 Å². The smallest absolute Gasteiger partial charge is 0.429 e. The van der Waals surface area contributed by atoms with E-state index in [2.05, 4.69) is 30.5 Å². The molecule has 0 aromatic carbocycles. The van der Waals surface area contributed by atoms with Crippen molar-refractivity contribution in [3.8, 4) is 11.9 Å². The summed E-state index contributed by atoms with van der Waals surface area (Å²) in [5.74, 6) is -0.697. The minimum atomic E-state index is -4.55. The van der Waals surface area contributed by atoms with Crippen molar-refractivity contribution in [3.05, 3.63) is 35.0 Å². The zero-order valence-electron chi connectivity index (χ0n) is 27.0. The first kappa shape index (κ1) is 35.5. The number of hydrogen-bond donors (Lipinski definition) is 1. The lowest BCUT2D eigenvalue weighted by Gasteiger charge is -2.35. The molecule has 5 heterocycles. The van der Waals surface area contributed by atoms with Crippen LogP contribution in [0, 0.1) is 11.7 Å². The van der Waals surface area contributed by atoms with Crippen molar-refractivity contribution >= 4 is 34.4 Å². The van der Waals surface area contributed by atoms with Gasteiger partial charge in [0.25, 0.3) is 0 Å². The molecular weight excluding hydrogens is 660 g/mol. The average Bonchev–Trinajstić information content (AvgIpc) is 3.27. The first-order valence-electron chi connectivity index (χ1n) is 16.0. The van der Waals surface area contributed by atoms with Gasteiger partial charge >= 0.3 is 18.3 Å². The maximum atomic E-state index is 15.3. The standard InChI is InChI=1S/C31H39ClF4N8O4/c1-30(2,3)48-29(45)44-13-6-4-5-12-43(44)27-22-16-38-26(32)24(33)25(22)40-28(41-27)47-17-19-8-7-11-37-21(10-9-19)18-46-23-14-20(15-39-42-23)31(34,35)36/h14-16,19,21,37H,4-13,17-18H2,1-3H3. The lowest BCUT2D eigenvalue weighted by atomic mass is 9.94. The number of nitrogens with one attached hydrogen (secondary N) is 1. The Morgan fingerprint density at radius 1 is 1.02 bits per heavy atom. The maximum Gasteiger partial charge on any atom is 0.429 e. The fraction of sp³-hybridized carbons (Fsp3) is 0.613. The lowest BCUT2D eigenvalue weighted by Crippen LogP contribution is -2.49. The molecule has 2 fully saturated rings. The highest BCUT2D eigenvalue weighted by Crippen LogP contribution is 2.33. The first-order chi connectivity index (χ1) is 22.8. The average molecular weight is 699 g/mol. The van der Waals surface area contributed by atoms with Gasteiger partial charge in [-0.2, -0.15) is 28.2 Å². The van der Waals surface area contributed by atoms with Crippen molar-refractivity contribution < 1.29 is 36.6 Å². The van der Waals surface area contributed by atoms with E-state index in [4.69, 9.17) is 25.8 Å². The highest BCUT2D eigenvalue weighted by atomic mass is 35.5. The van der Waals surface area contributed by atoms with Gasteiger partial charge in [-0.1, -0.05) is 11.6 Å². The Kier molecular flexibility index (Phi) is 11.2. The number of carbonyl (C=O) groups is 1. The van der Waals surface area contributed by atoms with Crippen molar-refractivity contribution in [1.29, 1.82) is 0 Å². The lowest BCUT2D eigenvalue weighted by molar-refractivity contribution is -0.138. The molecule has 0 saturated carbocycles. The molecule has 2 unspecified atom stereocenters. The van der Waals surface area contributed by atoms with Crippen LogP contribution in [0.25, 0.3) is 10.9 Å². The molecule has 2 saturated heterocycles. The predicted octanol–water partition coefficient (Wildman–Crippen LogP) is 6.37. The Bertz CT molecular complexity index is 1580. The van der Waals surface area contributed by atoms with Crippen molar-refractivity contribution in [2.75, 3.05) is 37.9 Å². The summed E-state index contributed by atoms with van der Waals surface area (Å²) in [4.78, 5) is 26.3. The summed E-state index contributed by atoms with van der Waals surface area (Å²) in [6.07, 6.45) is 2.30. The van der Waals surface area contributed by atoms with E-state index in [9.17, 15) is 18.0 Å². The van der Waals surface area contributed by atoms with Crippen molar-refractivity contribution in [2.24, 2.45) is 5.92 Å². The van der Waals surface area contributed by atoms with Crippen LogP contribution in [0.4, 0.5) is 28.2 Å². The summed E-state index contributed by atoms with van der Waals surface area (Å²) >= 11 is 6.04. The number of rotatable bonds is 7. The predicted molar refractivity (Wildman–Crippen MR) is 168 cm³/mol. The number of anilines is 1. The quantitative estimate of drug-likeness (QED) is 0.218. The number of pyridine rings is 1. The van der Waals surface area contributed by atoms with Crippen LogP contribution in [0.1, 0.15) is 71.3 Å². The number of ether oxygens (including phenoxy) is 3. The third-order valence-corrected chi connectivity index (χ3v) is 8.23. The van der Waals surface area contributed by atoms with E-state index in [0.717, 1.165) is 38.2 Å². The summed E-state index contributed by atoms with van der Waals surface area (Å²) in [7, 11) is 0. The minimum Gasteiger partial charge on any atom is -0.475 e. The van der Waals surface area contributed by atoms with Crippen LogP contribution in [0.15, 0.2) is 18.5 Å². The van der Waals surface area contributed by atoms with E-state index >= 15 is 4.39 Å². The Morgan fingerprint density at radius 2 is 1.81 bits per heavy atom. The van der Waals surface area contributed by atoms with Crippen LogP contribution in [0.3, 0.4) is 0 Å². The molecule has 17 heteroatoms. The van der Waals surface area contributed by atoms with E-state index in [1.807, 2.05) is 0 Å². The van der Waals surface area contributed by atoms with E-state index in [1.165, 1.54) is 11.2 Å². The normalized spacial score (nSPS) is 19.8. The number of carbonyl (C=O) groups excluding carboxylic acids is 1. The first-order valence-corrected chi connectivity index (χ1v) is 16.3. The summed E-state index contributed by atoms with van der Waals surface area (Å²) in [5.41, 5.74) is -1.75. The van der Waals surface area contributed by atoms with Crippen molar-refractivity contribution in [1.82, 2.24) is 35.5 Å². The second kappa shape index (κ2) is 15.2. The third kappa shape index (κ3) is 9.21. The van der Waals surface area contributed by atoms with Crippen LogP contribution in [0.5, 0.6) is 11.9 Å². The Hall–Kier alpha value is -3.79. The highest BCUT2D eigenvalue weighted by Gasteiger charge is 2.33. The number of hydrazine groups is 1. The molecule has 2 atom stereocenters. The molecule has 12 nitrogen and oxygen atoms in total. The number of halogens is 5. The van der Waals surface area contributed by atoms with Gasteiger partial charge in [-0.3, -0.25) is 5.01 Å². The van der Waals surface area contributed by atoms with E-state index < -0.39 is 29.3 Å². The molecular formula is C31H39ClF4N8O4. The zero-order valence-corrected chi connectivity index (χ0v) is 27.8. The Labute approximate surface area is 280 Å². The highest BCUT2D eigenvalue weighted by molar-refractivity contribution is 6.30. The number of hydrogen-bond acceptors (Lipinski definition) is 11. The largest absolute Gasteiger partial charge is 0.475 e. The molecule has 1 N–H and O–H groups in total. The summed E-state index contributed by atoms with van der Waals surface area (Å²) in [6, 6.07) is 0.614. The third-order valence-electron chi connectivity index (χ3n) is 7.97. The van der Waals surface area contributed by atoms with Crippen molar-refractivity contribution in [3.63, 3.8) is 0 Å². The Balaban J connectivity index is 1.31.